The zero-order valence-corrected chi connectivity index (χ0v) is 23.4. The van der Waals surface area contributed by atoms with Crippen LogP contribution in [0.5, 0.6) is 0 Å². The number of esters is 1. The predicted octanol–water partition coefficient (Wildman–Crippen LogP) is 2.69. The largest absolute Gasteiger partial charge is 0.464 e. The van der Waals surface area contributed by atoms with Gasteiger partial charge in [0.05, 0.1) is 19.3 Å². The minimum absolute atomic E-state index is 0.0155. The lowest BCUT2D eigenvalue weighted by molar-refractivity contribution is -0.144. The summed E-state index contributed by atoms with van der Waals surface area (Å²) >= 11 is 0. The van der Waals surface area contributed by atoms with Gasteiger partial charge in [0.15, 0.2) is 0 Å². The number of hydrogen-bond acceptors (Lipinski definition) is 8. The number of carbonyl (C=O) groups is 3. The number of aliphatic hydroxyl groups is 1. The van der Waals surface area contributed by atoms with Crippen LogP contribution in [-0.4, -0.2) is 94.6 Å². The fourth-order valence-electron chi connectivity index (χ4n) is 3.71. The maximum atomic E-state index is 11.3. The molecule has 10 nitrogen and oxygen atoms in total. The van der Waals surface area contributed by atoms with Crippen molar-refractivity contribution < 1.29 is 33.7 Å². The van der Waals surface area contributed by atoms with Crippen LogP contribution < -0.4 is 10.2 Å². The highest BCUT2D eigenvalue weighted by Gasteiger charge is 2.12. The average molecular weight is 538 g/mol. The van der Waals surface area contributed by atoms with E-state index in [1.165, 1.54) is 11.9 Å². The number of anilines is 1. The Kier molecular flexibility index (Phi) is 18.9. The molecular formula is C28H47N3O7. The van der Waals surface area contributed by atoms with Gasteiger partial charge in [-0.1, -0.05) is 38.3 Å². The summed E-state index contributed by atoms with van der Waals surface area (Å²) in [5.41, 5.74) is 1.47. The Hall–Kier alpha value is -2.53. The molecular weight excluding hydrogens is 490 g/mol. The molecule has 2 amide bonds. The highest BCUT2D eigenvalue weighted by Crippen LogP contribution is 2.22. The minimum Gasteiger partial charge on any atom is -0.464 e. The number of benzene rings is 1. The van der Waals surface area contributed by atoms with Crippen molar-refractivity contribution in [3.63, 3.8) is 0 Å². The summed E-state index contributed by atoms with van der Waals surface area (Å²) in [6.45, 7) is 10.1. The molecule has 1 atom stereocenters. The van der Waals surface area contributed by atoms with Gasteiger partial charge in [0.25, 0.3) is 0 Å². The van der Waals surface area contributed by atoms with E-state index in [-0.39, 0.29) is 18.4 Å². The molecule has 38 heavy (non-hydrogen) atoms. The summed E-state index contributed by atoms with van der Waals surface area (Å²) in [6, 6.07) is 7.09. The van der Waals surface area contributed by atoms with Crippen LogP contribution in [0.1, 0.15) is 64.0 Å². The molecule has 1 unspecified atom stereocenters. The number of nitrogens with one attached hydrogen (secondary N) is 1. The number of morpholine rings is 1. The molecule has 0 spiro atoms. The molecule has 2 rings (SSSR count). The third-order valence-electron chi connectivity index (χ3n) is 6.06. The molecule has 10 heteroatoms. The Labute approximate surface area is 227 Å². The molecule has 216 valence electrons. The van der Waals surface area contributed by atoms with Gasteiger partial charge in [0, 0.05) is 52.0 Å². The second-order valence-corrected chi connectivity index (χ2v) is 8.98. The van der Waals surface area contributed by atoms with Crippen LogP contribution in [0.3, 0.4) is 0 Å². The number of unbranched alkanes of at least 4 members (excludes halogenated alkanes) is 2. The first-order valence-electron chi connectivity index (χ1n) is 13.7. The van der Waals surface area contributed by atoms with E-state index in [4.69, 9.17) is 14.2 Å². The quantitative estimate of drug-likeness (QED) is 0.177. The van der Waals surface area contributed by atoms with Gasteiger partial charge in [-0.3, -0.25) is 19.3 Å². The van der Waals surface area contributed by atoms with Gasteiger partial charge < -0.3 is 29.5 Å². The van der Waals surface area contributed by atoms with E-state index in [2.05, 4.69) is 17.1 Å². The molecule has 2 N–H and O–H groups in total. The van der Waals surface area contributed by atoms with E-state index in [0.717, 1.165) is 70.5 Å². The summed E-state index contributed by atoms with van der Waals surface area (Å²) in [5.74, 6) is -0.358. The molecule has 1 aliphatic heterocycles. The normalized spacial score (nSPS) is 14.1. The van der Waals surface area contributed by atoms with Crippen LogP contribution in [0, 0.1) is 0 Å². The van der Waals surface area contributed by atoms with Gasteiger partial charge in [0.1, 0.15) is 13.2 Å². The van der Waals surface area contributed by atoms with Crippen molar-refractivity contribution in [2.45, 2.75) is 58.5 Å². The summed E-state index contributed by atoms with van der Waals surface area (Å²) in [7, 11) is 1.53. The van der Waals surface area contributed by atoms with Crippen LogP contribution in [0.25, 0.3) is 0 Å². The second-order valence-electron chi connectivity index (χ2n) is 8.98. The Morgan fingerprint density at radius 3 is 2.45 bits per heavy atom. The van der Waals surface area contributed by atoms with E-state index in [1.807, 2.05) is 6.92 Å². The lowest BCUT2D eigenvalue weighted by Crippen LogP contribution is -2.38. The molecule has 0 aliphatic carbocycles. The van der Waals surface area contributed by atoms with Crippen molar-refractivity contribution in [3.05, 3.63) is 29.8 Å². The maximum Gasteiger partial charge on any atom is 0.305 e. The lowest BCUT2D eigenvalue weighted by Gasteiger charge is -2.26. The number of nitrogens with zero attached hydrogens (tertiary/aromatic N) is 2. The first-order chi connectivity index (χ1) is 18.4. The van der Waals surface area contributed by atoms with Crippen molar-refractivity contribution >= 4 is 24.0 Å². The van der Waals surface area contributed by atoms with Crippen LogP contribution in [0.15, 0.2) is 24.3 Å². The molecule has 1 aromatic carbocycles. The van der Waals surface area contributed by atoms with Crippen LogP contribution in [0.4, 0.5) is 5.69 Å². The first-order valence-corrected chi connectivity index (χ1v) is 13.7. The van der Waals surface area contributed by atoms with E-state index in [0.29, 0.717) is 38.3 Å². The van der Waals surface area contributed by atoms with Gasteiger partial charge in [0.2, 0.25) is 12.3 Å². The number of aliphatic hydroxyl groups excluding tert-OH is 1. The van der Waals surface area contributed by atoms with Crippen molar-refractivity contribution in [3.8, 4) is 0 Å². The monoisotopic (exact) mass is 537 g/mol. The number of amides is 2. The molecule has 0 saturated carbocycles. The molecule has 1 fully saturated rings. The highest BCUT2D eigenvalue weighted by atomic mass is 16.5. The van der Waals surface area contributed by atoms with E-state index < -0.39 is 6.10 Å². The lowest BCUT2D eigenvalue weighted by atomic mass is 10.0. The fourth-order valence-corrected chi connectivity index (χ4v) is 3.71. The van der Waals surface area contributed by atoms with Crippen molar-refractivity contribution in [1.82, 2.24) is 10.2 Å². The summed E-state index contributed by atoms with van der Waals surface area (Å²) < 4.78 is 15.5. The van der Waals surface area contributed by atoms with Gasteiger partial charge in [-0.05, 0) is 37.5 Å². The summed E-state index contributed by atoms with van der Waals surface area (Å²) in [6.07, 6.45) is 5.31. The van der Waals surface area contributed by atoms with Gasteiger partial charge in [-0.15, -0.1) is 0 Å². The zero-order chi connectivity index (χ0) is 28.0. The Bertz CT molecular complexity index is 770. The Morgan fingerprint density at radius 1 is 1.13 bits per heavy atom. The zero-order valence-electron chi connectivity index (χ0n) is 23.4. The predicted molar refractivity (Wildman–Crippen MR) is 147 cm³/mol. The Morgan fingerprint density at radius 2 is 1.84 bits per heavy atom. The molecule has 1 aromatic rings. The smallest absolute Gasteiger partial charge is 0.305 e. The van der Waals surface area contributed by atoms with E-state index in [9.17, 15) is 19.5 Å². The molecule has 1 saturated heterocycles. The van der Waals surface area contributed by atoms with E-state index in [1.54, 1.807) is 24.3 Å². The second kappa shape index (κ2) is 21.4. The molecule has 1 heterocycles. The van der Waals surface area contributed by atoms with Crippen molar-refractivity contribution in [2.24, 2.45) is 0 Å². The SMILES string of the molecule is CCCCCC(O)c1ccc(N(C=O)CC(=O)NC)cc1.CCOCCCC(=O)OCCN1CCOCC1. The molecule has 0 bridgehead atoms. The average Bonchev–Trinajstić information content (AvgIpc) is 2.95. The highest BCUT2D eigenvalue weighted by molar-refractivity contribution is 5.88. The van der Waals surface area contributed by atoms with Crippen molar-refractivity contribution in [1.29, 1.82) is 0 Å². The summed E-state index contributed by atoms with van der Waals surface area (Å²) in [4.78, 5) is 37.3. The number of carbonyl (C=O) groups excluding carboxylic acids is 3. The number of ether oxygens (including phenoxy) is 3. The third kappa shape index (κ3) is 15.0. The van der Waals surface area contributed by atoms with Gasteiger partial charge in [-0.25, -0.2) is 0 Å². The molecule has 1 aliphatic rings. The van der Waals surface area contributed by atoms with Crippen LogP contribution in [-0.2, 0) is 28.6 Å². The number of rotatable bonds is 17. The van der Waals surface area contributed by atoms with E-state index >= 15 is 0 Å². The Balaban J connectivity index is 0.000000389. The fraction of sp³-hybridized carbons (Fsp3) is 0.679. The van der Waals surface area contributed by atoms with Crippen LogP contribution >= 0.6 is 0 Å². The topological polar surface area (TPSA) is 118 Å². The molecule has 0 aromatic heterocycles. The van der Waals surface area contributed by atoms with Gasteiger partial charge in [-0.2, -0.15) is 0 Å². The standard InChI is InChI=1S/C16H24N2O3.C12H23NO4/c1-3-4-5-6-15(20)13-7-9-14(10-8-13)18(12-19)11-16(21)17-2;1-2-15-8-3-4-12(14)17-11-7-13-5-9-16-10-6-13/h7-10,12,15,20H,3-6,11H2,1-2H3,(H,17,21);2-11H2,1H3. The number of likely N-dealkylation sites (N-methyl/N-ethyl adjacent to an activating group) is 1. The maximum absolute atomic E-state index is 11.3. The van der Waals surface area contributed by atoms with Crippen LogP contribution in [0.2, 0.25) is 0 Å². The van der Waals surface area contributed by atoms with Crippen molar-refractivity contribution in [2.75, 3.05) is 71.2 Å². The van der Waals surface area contributed by atoms with Gasteiger partial charge >= 0.3 is 5.97 Å². The molecule has 0 radical (unpaired) electrons. The third-order valence-corrected chi connectivity index (χ3v) is 6.06. The minimum atomic E-state index is -0.478. The number of hydrogen-bond donors (Lipinski definition) is 2. The summed E-state index contributed by atoms with van der Waals surface area (Å²) in [5, 5.41) is 12.5. The first kappa shape index (κ1) is 33.5.